The number of hydrogen-bond donors (Lipinski definition) is 2. The quantitative estimate of drug-likeness (QED) is 0.264. The number of carbonyl (C=O) groups is 2. The zero-order valence-electron chi connectivity index (χ0n) is 17.8. The molecule has 34 heavy (non-hydrogen) atoms. The van der Waals surface area contributed by atoms with E-state index in [2.05, 4.69) is 15.8 Å². The van der Waals surface area contributed by atoms with Crippen molar-refractivity contribution < 1.29 is 18.7 Å². The number of halogens is 2. The lowest BCUT2D eigenvalue weighted by molar-refractivity contribution is -0.127. The summed E-state index contributed by atoms with van der Waals surface area (Å²) in [6.45, 7) is -0.456. The first-order valence-electron chi connectivity index (χ1n) is 10.2. The van der Waals surface area contributed by atoms with Gasteiger partial charge in [0.05, 0.1) is 22.8 Å². The lowest BCUT2D eigenvalue weighted by atomic mass is 10.1. The Morgan fingerprint density at radius 2 is 1.74 bits per heavy atom. The molecular formula is C25H19Cl2N3O4. The van der Waals surface area contributed by atoms with Crippen LogP contribution in [0.5, 0.6) is 5.75 Å². The first-order chi connectivity index (χ1) is 16.5. The number of hydrogen-bond acceptors (Lipinski definition) is 5. The normalized spacial score (nSPS) is 11.0. The molecule has 0 radical (unpaired) electrons. The number of hydrazone groups is 1. The molecule has 0 aliphatic rings. The highest BCUT2D eigenvalue weighted by molar-refractivity contribution is 6.42. The molecule has 0 saturated carbocycles. The topological polar surface area (TPSA) is 92.9 Å². The van der Waals surface area contributed by atoms with E-state index in [0.717, 1.165) is 16.3 Å². The molecule has 4 aromatic rings. The molecule has 0 bridgehead atoms. The van der Waals surface area contributed by atoms with Gasteiger partial charge in [-0.2, -0.15) is 5.10 Å². The van der Waals surface area contributed by atoms with E-state index in [9.17, 15) is 9.59 Å². The van der Waals surface area contributed by atoms with E-state index in [-0.39, 0.29) is 13.2 Å². The van der Waals surface area contributed by atoms with E-state index in [4.69, 9.17) is 32.4 Å². The Hall–Kier alpha value is -3.81. The fraction of sp³-hybridized carbons (Fsp3) is 0.0800. The molecular weight excluding hydrogens is 477 g/mol. The molecule has 0 atom stereocenters. The van der Waals surface area contributed by atoms with Crippen LogP contribution in [0.4, 0.5) is 0 Å². The number of amides is 2. The number of fused-ring (bicyclic) bond motifs is 1. The van der Waals surface area contributed by atoms with Crippen molar-refractivity contribution in [3.05, 3.63) is 88.6 Å². The highest BCUT2D eigenvalue weighted by Gasteiger charge is 2.08. The molecule has 0 saturated heterocycles. The van der Waals surface area contributed by atoms with E-state index in [0.29, 0.717) is 27.3 Å². The van der Waals surface area contributed by atoms with Crippen LogP contribution in [0, 0.1) is 0 Å². The highest BCUT2D eigenvalue weighted by atomic mass is 35.5. The molecule has 1 heterocycles. The number of rotatable bonds is 8. The number of nitrogens with zero attached hydrogens (tertiary/aromatic N) is 1. The van der Waals surface area contributed by atoms with Gasteiger partial charge >= 0.3 is 0 Å². The third-order valence-corrected chi connectivity index (χ3v) is 5.49. The Morgan fingerprint density at radius 3 is 2.56 bits per heavy atom. The summed E-state index contributed by atoms with van der Waals surface area (Å²) in [5, 5.41) is 9.27. The molecule has 0 unspecified atom stereocenters. The van der Waals surface area contributed by atoms with Crippen molar-refractivity contribution in [1.82, 2.24) is 10.7 Å². The fourth-order valence-corrected chi connectivity index (χ4v) is 3.37. The molecule has 1 aromatic heterocycles. The van der Waals surface area contributed by atoms with Crippen LogP contribution >= 0.6 is 23.2 Å². The van der Waals surface area contributed by atoms with Gasteiger partial charge in [0.15, 0.2) is 6.61 Å². The van der Waals surface area contributed by atoms with Crippen LogP contribution < -0.4 is 15.5 Å². The molecule has 0 aliphatic carbocycles. The first-order valence-corrected chi connectivity index (χ1v) is 11.0. The second-order valence-electron chi connectivity index (χ2n) is 7.20. The summed E-state index contributed by atoms with van der Waals surface area (Å²) in [6, 6.07) is 22.0. The maximum absolute atomic E-state index is 12.0. The van der Waals surface area contributed by atoms with Crippen molar-refractivity contribution >= 4 is 52.0 Å². The first kappa shape index (κ1) is 23.4. The fourth-order valence-electron chi connectivity index (χ4n) is 3.07. The smallest absolute Gasteiger partial charge is 0.259 e. The van der Waals surface area contributed by atoms with Crippen LogP contribution in [-0.2, 0) is 9.59 Å². The van der Waals surface area contributed by atoms with Gasteiger partial charge in [-0.1, -0.05) is 53.5 Å². The van der Waals surface area contributed by atoms with E-state index in [1.54, 1.807) is 36.4 Å². The molecule has 3 aromatic carbocycles. The molecule has 7 nitrogen and oxygen atoms in total. The molecule has 9 heteroatoms. The van der Waals surface area contributed by atoms with Crippen LogP contribution in [0.25, 0.3) is 22.1 Å². The van der Waals surface area contributed by atoms with Crippen molar-refractivity contribution in [2.45, 2.75) is 0 Å². The van der Waals surface area contributed by atoms with Crippen molar-refractivity contribution in [2.24, 2.45) is 5.10 Å². The summed E-state index contributed by atoms with van der Waals surface area (Å²) in [5.74, 6) is 0.650. The van der Waals surface area contributed by atoms with E-state index >= 15 is 0 Å². The van der Waals surface area contributed by atoms with Gasteiger partial charge < -0.3 is 14.5 Å². The molecule has 172 valence electrons. The summed E-state index contributed by atoms with van der Waals surface area (Å²) in [5.41, 5.74) is 3.08. The number of nitrogens with one attached hydrogen (secondary N) is 2. The summed E-state index contributed by atoms with van der Waals surface area (Å²) < 4.78 is 11.2. The molecule has 0 spiro atoms. The second kappa shape index (κ2) is 10.9. The standard InChI is InChI=1S/C25H19Cl2N3O4/c26-21-9-6-18(12-22(21)27)23-10-8-20(34-23)13-29-30-24(31)14-28-25(32)15-33-19-7-5-16-3-1-2-4-17(16)11-19/h1-13H,14-15H2,(H,28,32)(H,30,31). The van der Waals surface area contributed by atoms with Crippen LogP contribution in [0.15, 0.2) is 82.3 Å². The van der Waals surface area contributed by atoms with Crippen molar-refractivity contribution in [1.29, 1.82) is 0 Å². The lowest BCUT2D eigenvalue weighted by Gasteiger charge is -2.08. The van der Waals surface area contributed by atoms with Crippen molar-refractivity contribution in [3.63, 3.8) is 0 Å². The molecule has 2 N–H and O–H groups in total. The zero-order valence-corrected chi connectivity index (χ0v) is 19.3. The largest absolute Gasteiger partial charge is 0.484 e. The minimum atomic E-state index is -0.494. The van der Waals surface area contributed by atoms with Crippen molar-refractivity contribution in [3.8, 4) is 17.1 Å². The molecule has 0 fully saturated rings. The van der Waals surface area contributed by atoms with Gasteiger partial charge in [-0.3, -0.25) is 9.59 Å². The van der Waals surface area contributed by atoms with E-state index in [1.807, 2.05) is 36.4 Å². The number of carbonyl (C=O) groups excluding carboxylic acids is 2. The molecule has 2 amide bonds. The monoisotopic (exact) mass is 495 g/mol. The molecule has 0 aliphatic heterocycles. The van der Waals surface area contributed by atoms with Gasteiger partial charge in [0.25, 0.3) is 11.8 Å². The van der Waals surface area contributed by atoms with Crippen LogP contribution in [-0.4, -0.2) is 31.2 Å². The average Bonchev–Trinajstić information content (AvgIpc) is 3.32. The van der Waals surface area contributed by atoms with E-state index in [1.165, 1.54) is 6.21 Å². The van der Waals surface area contributed by atoms with Gasteiger partial charge in [0, 0.05) is 5.56 Å². The minimum absolute atomic E-state index is 0.210. The summed E-state index contributed by atoms with van der Waals surface area (Å²) in [4.78, 5) is 23.9. The Morgan fingerprint density at radius 1 is 0.912 bits per heavy atom. The van der Waals surface area contributed by atoms with Gasteiger partial charge in [0.2, 0.25) is 0 Å². The van der Waals surface area contributed by atoms with Crippen LogP contribution in [0.2, 0.25) is 10.0 Å². The minimum Gasteiger partial charge on any atom is -0.484 e. The lowest BCUT2D eigenvalue weighted by Crippen LogP contribution is -2.37. The average molecular weight is 496 g/mol. The number of ether oxygens (including phenoxy) is 1. The Bertz CT molecular complexity index is 1370. The SMILES string of the molecule is O=C(COc1ccc2ccccc2c1)NCC(=O)NN=Cc1ccc(-c2ccc(Cl)c(Cl)c2)o1. The van der Waals surface area contributed by atoms with Gasteiger partial charge in [-0.15, -0.1) is 0 Å². The Balaban J connectivity index is 1.20. The summed E-state index contributed by atoms with van der Waals surface area (Å²) in [6.07, 6.45) is 1.35. The van der Waals surface area contributed by atoms with Gasteiger partial charge in [0.1, 0.15) is 17.3 Å². The summed E-state index contributed by atoms with van der Waals surface area (Å²) >= 11 is 12.0. The Labute approximate surface area is 205 Å². The van der Waals surface area contributed by atoms with E-state index < -0.39 is 11.8 Å². The van der Waals surface area contributed by atoms with Gasteiger partial charge in [-0.25, -0.2) is 5.43 Å². The number of furan rings is 1. The van der Waals surface area contributed by atoms with Gasteiger partial charge in [-0.05, 0) is 53.2 Å². The number of benzene rings is 3. The molecule has 4 rings (SSSR count). The third kappa shape index (κ3) is 6.15. The van der Waals surface area contributed by atoms with Crippen LogP contribution in [0.3, 0.4) is 0 Å². The highest BCUT2D eigenvalue weighted by Crippen LogP contribution is 2.29. The zero-order chi connectivity index (χ0) is 23.9. The predicted octanol–water partition coefficient (Wildman–Crippen LogP) is 5.05. The maximum Gasteiger partial charge on any atom is 0.259 e. The second-order valence-corrected chi connectivity index (χ2v) is 8.01. The Kier molecular flexibility index (Phi) is 7.47. The third-order valence-electron chi connectivity index (χ3n) is 4.75. The predicted molar refractivity (Wildman–Crippen MR) is 132 cm³/mol. The van der Waals surface area contributed by atoms with Crippen LogP contribution in [0.1, 0.15) is 5.76 Å². The maximum atomic E-state index is 12.0. The summed E-state index contributed by atoms with van der Waals surface area (Å²) in [7, 11) is 0. The van der Waals surface area contributed by atoms with Crippen molar-refractivity contribution in [2.75, 3.05) is 13.2 Å².